The summed E-state index contributed by atoms with van der Waals surface area (Å²) in [7, 11) is 0. The van der Waals surface area contributed by atoms with Crippen molar-refractivity contribution in [1.29, 1.82) is 0 Å². The van der Waals surface area contributed by atoms with E-state index in [1.165, 1.54) is 30.6 Å². The van der Waals surface area contributed by atoms with Crippen LogP contribution in [0.15, 0.2) is 60.9 Å². The van der Waals surface area contributed by atoms with E-state index in [4.69, 9.17) is 0 Å². The second kappa shape index (κ2) is 9.10. The van der Waals surface area contributed by atoms with E-state index in [0.29, 0.717) is 29.8 Å². The molecule has 3 rings (SSSR count). The highest BCUT2D eigenvalue weighted by Gasteiger charge is 2.12. The van der Waals surface area contributed by atoms with E-state index >= 15 is 0 Å². The Morgan fingerprint density at radius 3 is 2.17 bits per heavy atom. The lowest BCUT2D eigenvalue weighted by atomic mass is 10.1. The van der Waals surface area contributed by atoms with Crippen molar-refractivity contribution in [3.05, 3.63) is 94.6 Å². The molecule has 2 amide bonds. The Balaban J connectivity index is 1.61. The fourth-order valence-corrected chi connectivity index (χ4v) is 3.01. The zero-order valence-electron chi connectivity index (χ0n) is 16.3. The number of pyridine rings is 1. The number of rotatable bonds is 6. The zero-order chi connectivity index (χ0) is 20.8. The number of anilines is 1. The average Bonchev–Trinajstić information content (AvgIpc) is 2.68. The zero-order valence-corrected chi connectivity index (χ0v) is 16.3. The molecule has 5 nitrogen and oxygen atoms in total. The van der Waals surface area contributed by atoms with Crippen molar-refractivity contribution >= 4 is 17.5 Å². The first-order valence-electron chi connectivity index (χ1n) is 9.28. The highest BCUT2D eigenvalue weighted by Crippen LogP contribution is 2.15. The molecule has 1 heterocycles. The summed E-state index contributed by atoms with van der Waals surface area (Å²) in [5.41, 5.74) is 4.32. The van der Waals surface area contributed by atoms with E-state index in [1.54, 1.807) is 12.1 Å². The van der Waals surface area contributed by atoms with E-state index in [9.17, 15) is 14.0 Å². The predicted octanol–water partition coefficient (Wildman–Crippen LogP) is 4.06. The van der Waals surface area contributed by atoms with Crippen LogP contribution in [0, 0.1) is 19.7 Å². The molecule has 0 unspecified atom stereocenters. The summed E-state index contributed by atoms with van der Waals surface area (Å²) in [6.45, 7) is 4.31. The van der Waals surface area contributed by atoms with Crippen molar-refractivity contribution < 1.29 is 14.0 Å². The number of nitrogens with zero attached hydrogens (tertiary/aromatic N) is 1. The Hall–Kier alpha value is -3.54. The average molecular weight is 391 g/mol. The van der Waals surface area contributed by atoms with Crippen LogP contribution in [0.25, 0.3) is 0 Å². The quantitative estimate of drug-likeness (QED) is 0.666. The molecule has 148 valence electrons. The minimum Gasteiger partial charge on any atom is -0.352 e. The van der Waals surface area contributed by atoms with Crippen LogP contribution in [0.5, 0.6) is 0 Å². The number of nitrogens with one attached hydrogen (secondary N) is 2. The molecule has 0 aliphatic carbocycles. The molecule has 6 heteroatoms. The van der Waals surface area contributed by atoms with E-state index in [2.05, 4.69) is 15.6 Å². The number of hydrogen-bond donors (Lipinski definition) is 2. The molecule has 0 aliphatic heterocycles. The number of carbonyl (C=O) groups is 2. The number of aromatic nitrogens is 1. The molecule has 0 atom stereocenters. The number of benzene rings is 2. The molecule has 0 fully saturated rings. The van der Waals surface area contributed by atoms with E-state index in [0.717, 1.165) is 16.7 Å². The van der Waals surface area contributed by atoms with Crippen molar-refractivity contribution in [3.8, 4) is 0 Å². The van der Waals surface area contributed by atoms with Gasteiger partial charge in [0.25, 0.3) is 11.8 Å². The van der Waals surface area contributed by atoms with Crippen LogP contribution in [0.1, 0.15) is 37.4 Å². The van der Waals surface area contributed by atoms with Crippen LogP contribution in [0.3, 0.4) is 0 Å². The number of hydrogen-bond acceptors (Lipinski definition) is 3. The van der Waals surface area contributed by atoms with Gasteiger partial charge in [-0.15, -0.1) is 0 Å². The number of amides is 2. The van der Waals surface area contributed by atoms with Gasteiger partial charge in [0, 0.05) is 24.6 Å². The fraction of sp³-hybridized carbons (Fsp3) is 0.174. The Morgan fingerprint density at radius 2 is 1.52 bits per heavy atom. The largest absolute Gasteiger partial charge is 0.352 e. The van der Waals surface area contributed by atoms with Crippen molar-refractivity contribution in [2.75, 3.05) is 11.9 Å². The predicted molar refractivity (Wildman–Crippen MR) is 111 cm³/mol. The van der Waals surface area contributed by atoms with Crippen molar-refractivity contribution in [2.45, 2.75) is 20.3 Å². The summed E-state index contributed by atoms with van der Waals surface area (Å²) < 4.78 is 12.9. The van der Waals surface area contributed by atoms with E-state index < -0.39 is 0 Å². The summed E-state index contributed by atoms with van der Waals surface area (Å²) in [6.07, 6.45) is 3.42. The summed E-state index contributed by atoms with van der Waals surface area (Å²) in [4.78, 5) is 28.9. The lowest BCUT2D eigenvalue weighted by Gasteiger charge is -2.09. The topological polar surface area (TPSA) is 71.1 Å². The summed E-state index contributed by atoms with van der Waals surface area (Å²) in [6, 6.07) is 13.4. The van der Waals surface area contributed by atoms with Crippen LogP contribution < -0.4 is 10.6 Å². The molecule has 0 bridgehead atoms. The first kappa shape index (κ1) is 20.2. The molecule has 29 heavy (non-hydrogen) atoms. The summed E-state index contributed by atoms with van der Waals surface area (Å²) >= 11 is 0. The minimum atomic E-state index is -0.330. The van der Waals surface area contributed by atoms with Gasteiger partial charge in [0.05, 0.1) is 11.1 Å². The molecular weight excluding hydrogens is 369 g/mol. The molecule has 0 radical (unpaired) electrons. The van der Waals surface area contributed by atoms with Gasteiger partial charge in [-0.05, 0) is 67.3 Å². The van der Waals surface area contributed by atoms with Crippen LogP contribution in [0.2, 0.25) is 0 Å². The third-order valence-corrected chi connectivity index (χ3v) is 4.35. The van der Waals surface area contributed by atoms with Crippen molar-refractivity contribution in [1.82, 2.24) is 10.3 Å². The summed E-state index contributed by atoms with van der Waals surface area (Å²) in [5.74, 6) is -0.941. The molecule has 1 aromatic heterocycles. The van der Waals surface area contributed by atoms with Crippen molar-refractivity contribution in [2.24, 2.45) is 0 Å². The van der Waals surface area contributed by atoms with E-state index in [1.807, 2.05) is 32.0 Å². The lowest BCUT2D eigenvalue weighted by molar-refractivity contribution is 0.0953. The second-order valence-electron chi connectivity index (χ2n) is 6.93. The second-order valence-corrected chi connectivity index (χ2v) is 6.93. The smallest absolute Gasteiger partial charge is 0.257 e. The molecule has 0 aliphatic rings. The SMILES string of the molecule is Cc1cc(C)cc(NC(=O)c2cncc(C(=O)NCCc3ccc(F)cc3)c2)c1. The maximum absolute atomic E-state index is 12.9. The monoisotopic (exact) mass is 391 g/mol. The van der Waals surface area contributed by atoms with Crippen LogP contribution in [-0.2, 0) is 6.42 Å². The first-order chi connectivity index (χ1) is 13.9. The molecule has 3 aromatic rings. The standard InChI is InChI=1S/C23H22FN3O2/c1-15-9-16(2)11-21(10-15)27-23(29)19-12-18(13-25-14-19)22(28)26-8-7-17-3-5-20(24)6-4-17/h3-6,9-14H,7-8H2,1-2H3,(H,26,28)(H,27,29). The number of aryl methyl sites for hydroxylation is 2. The highest BCUT2D eigenvalue weighted by atomic mass is 19.1. The Labute approximate surface area is 169 Å². The number of halogens is 1. The Kier molecular flexibility index (Phi) is 6.34. The van der Waals surface area contributed by atoms with Gasteiger partial charge in [0.1, 0.15) is 5.82 Å². The van der Waals surface area contributed by atoms with Gasteiger partial charge in [-0.3, -0.25) is 14.6 Å². The van der Waals surface area contributed by atoms with Crippen LogP contribution >= 0.6 is 0 Å². The molecule has 0 saturated heterocycles. The van der Waals surface area contributed by atoms with Gasteiger partial charge in [0.2, 0.25) is 0 Å². The van der Waals surface area contributed by atoms with Crippen molar-refractivity contribution in [3.63, 3.8) is 0 Å². The normalized spacial score (nSPS) is 10.4. The summed E-state index contributed by atoms with van der Waals surface area (Å²) in [5, 5.41) is 5.62. The van der Waals surface area contributed by atoms with Crippen LogP contribution in [-0.4, -0.2) is 23.3 Å². The third kappa shape index (κ3) is 5.72. The Bertz CT molecular complexity index is 1010. The maximum Gasteiger partial charge on any atom is 0.257 e. The van der Waals surface area contributed by atoms with Gasteiger partial charge in [-0.2, -0.15) is 0 Å². The van der Waals surface area contributed by atoms with Crippen LogP contribution in [0.4, 0.5) is 10.1 Å². The molecular formula is C23H22FN3O2. The van der Waals surface area contributed by atoms with Gasteiger partial charge >= 0.3 is 0 Å². The fourth-order valence-electron chi connectivity index (χ4n) is 3.01. The molecule has 2 N–H and O–H groups in total. The third-order valence-electron chi connectivity index (χ3n) is 4.35. The lowest BCUT2D eigenvalue weighted by Crippen LogP contribution is -2.26. The van der Waals surface area contributed by atoms with Gasteiger partial charge in [0.15, 0.2) is 0 Å². The molecule has 0 saturated carbocycles. The molecule has 2 aromatic carbocycles. The number of carbonyl (C=O) groups excluding carboxylic acids is 2. The van der Waals surface area contributed by atoms with Gasteiger partial charge in [-0.25, -0.2) is 4.39 Å². The highest BCUT2D eigenvalue weighted by molar-refractivity contribution is 6.05. The molecule has 0 spiro atoms. The minimum absolute atomic E-state index is 0.292. The maximum atomic E-state index is 12.9. The first-order valence-corrected chi connectivity index (χ1v) is 9.28. The van der Waals surface area contributed by atoms with E-state index in [-0.39, 0.29) is 17.6 Å². The van der Waals surface area contributed by atoms with Gasteiger partial charge < -0.3 is 10.6 Å². The Morgan fingerprint density at radius 1 is 0.897 bits per heavy atom. The van der Waals surface area contributed by atoms with Gasteiger partial charge in [-0.1, -0.05) is 18.2 Å².